The number of β-amino-alcohol motifs (C(OH)–C–C–N with tert-alkyl or cyclic N) is 1. The van der Waals surface area contributed by atoms with Crippen LogP contribution in [0.2, 0.25) is 5.02 Å². The minimum atomic E-state index is -0.201. The maximum absolute atomic E-state index is 9.81. The Bertz CT molecular complexity index is 2080. The molecule has 3 aromatic carbocycles. The van der Waals surface area contributed by atoms with E-state index in [0.29, 0.717) is 48.4 Å². The average Bonchev–Trinajstić information content (AvgIpc) is 3.81. The number of aromatic nitrogens is 2. The Labute approximate surface area is 327 Å². The predicted octanol–water partition coefficient (Wildman–Crippen LogP) is 8.53. The van der Waals surface area contributed by atoms with Crippen molar-refractivity contribution in [3.63, 3.8) is 0 Å². The fourth-order valence-corrected chi connectivity index (χ4v) is 7.93. The van der Waals surface area contributed by atoms with Crippen LogP contribution < -0.4 is 14.2 Å². The number of nitrogens with zero attached hydrogens (tertiary/aromatic N) is 5. The van der Waals surface area contributed by atoms with Gasteiger partial charge in [0.1, 0.15) is 41.5 Å². The van der Waals surface area contributed by atoms with Crippen molar-refractivity contribution in [3.8, 4) is 34.4 Å². The summed E-state index contributed by atoms with van der Waals surface area (Å²) in [5.74, 6) is 2.05. The minimum Gasteiger partial charge on any atom is -0.493 e. The van der Waals surface area contributed by atoms with E-state index in [0.717, 1.165) is 94.3 Å². The third-order valence-corrected chi connectivity index (χ3v) is 10.9. The smallest absolute Gasteiger partial charge is 0.142 e. The molecule has 1 fully saturated rings. The number of aliphatic hydroxyl groups is 1. The zero-order valence-corrected chi connectivity index (χ0v) is 33.1. The topological polar surface area (TPSA) is 104 Å². The Hall–Kier alpha value is -4.50. The van der Waals surface area contributed by atoms with Crippen molar-refractivity contribution in [3.05, 3.63) is 121 Å². The van der Waals surface area contributed by atoms with E-state index in [-0.39, 0.29) is 12.7 Å². The van der Waals surface area contributed by atoms with E-state index in [1.807, 2.05) is 24.3 Å². The van der Waals surface area contributed by atoms with Gasteiger partial charge in [0.05, 0.1) is 35.5 Å². The van der Waals surface area contributed by atoms with Crippen LogP contribution >= 0.6 is 22.9 Å². The summed E-state index contributed by atoms with van der Waals surface area (Å²) in [7, 11) is 2.05. The molecule has 0 radical (unpaired) electrons. The molecule has 0 unspecified atom stereocenters. The van der Waals surface area contributed by atoms with Crippen molar-refractivity contribution >= 4 is 22.9 Å². The largest absolute Gasteiger partial charge is 0.493 e. The molecule has 1 saturated heterocycles. The van der Waals surface area contributed by atoms with Gasteiger partial charge in [-0.05, 0) is 86.2 Å². The summed E-state index contributed by atoms with van der Waals surface area (Å²) in [6.45, 7) is 11.4. The maximum atomic E-state index is 9.81. The molecule has 3 heterocycles. The Morgan fingerprint density at radius 2 is 1.76 bits per heavy atom. The molecule has 0 amide bonds. The van der Waals surface area contributed by atoms with Crippen LogP contribution in [0.5, 0.6) is 17.2 Å². The van der Waals surface area contributed by atoms with Gasteiger partial charge in [0, 0.05) is 61.1 Å². The van der Waals surface area contributed by atoms with E-state index >= 15 is 0 Å². The molecule has 0 bridgehead atoms. The van der Waals surface area contributed by atoms with E-state index in [2.05, 4.69) is 78.3 Å². The van der Waals surface area contributed by atoms with E-state index in [1.165, 1.54) is 6.20 Å². The molecule has 0 aliphatic carbocycles. The first kappa shape index (κ1) is 39.2. The SMILES string of the molecule is CCc1csc(CN(C)Cc2cc(Cl)c(OCc3cccc(-c4cccc(OCCCN5CC[C@@H](O)C5)c4C)c3C)cc2OCc2cncc(C#N)c2)n1. The fraction of sp³-hybridized carbons (Fsp3) is 0.372. The summed E-state index contributed by atoms with van der Waals surface area (Å²) in [5, 5.41) is 22.8. The van der Waals surface area contributed by atoms with Gasteiger partial charge in [-0.3, -0.25) is 9.88 Å². The molecule has 2 aromatic heterocycles. The third-order valence-electron chi connectivity index (χ3n) is 9.77. The van der Waals surface area contributed by atoms with Gasteiger partial charge in [-0.25, -0.2) is 4.98 Å². The van der Waals surface area contributed by atoms with E-state index in [1.54, 1.807) is 23.6 Å². The lowest BCUT2D eigenvalue weighted by Crippen LogP contribution is -2.24. The third kappa shape index (κ3) is 10.2. The molecule has 1 atom stereocenters. The highest BCUT2D eigenvalue weighted by Crippen LogP contribution is 2.37. The number of hydrogen-bond acceptors (Lipinski definition) is 10. The van der Waals surface area contributed by atoms with E-state index in [4.69, 9.17) is 30.8 Å². The van der Waals surface area contributed by atoms with Gasteiger partial charge in [0.15, 0.2) is 0 Å². The number of thiazole rings is 1. The number of rotatable bonds is 17. The number of benzene rings is 3. The van der Waals surface area contributed by atoms with Crippen molar-refractivity contribution in [1.29, 1.82) is 5.26 Å². The van der Waals surface area contributed by atoms with Crippen LogP contribution in [0.25, 0.3) is 11.1 Å². The second-order valence-corrected chi connectivity index (χ2v) is 15.2. The molecule has 282 valence electrons. The van der Waals surface area contributed by atoms with Crippen molar-refractivity contribution < 1.29 is 19.3 Å². The van der Waals surface area contributed by atoms with Crippen LogP contribution in [0, 0.1) is 25.2 Å². The lowest BCUT2D eigenvalue weighted by Gasteiger charge is -2.20. The quantitative estimate of drug-likeness (QED) is 0.0934. The van der Waals surface area contributed by atoms with Crippen molar-refractivity contribution in [2.75, 3.05) is 33.3 Å². The molecule has 54 heavy (non-hydrogen) atoms. The second-order valence-electron chi connectivity index (χ2n) is 13.9. The number of aliphatic hydroxyl groups excluding tert-OH is 1. The molecular weight excluding hydrogens is 718 g/mol. The lowest BCUT2D eigenvalue weighted by atomic mass is 9.93. The normalized spacial score (nSPS) is 14.4. The van der Waals surface area contributed by atoms with E-state index < -0.39 is 0 Å². The molecule has 1 N–H and O–H groups in total. The van der Waals surface area contributed by atoms with Gasteiger partial charge >= 0.3 is 0 Å². The average molecular weight is 766 g/mol. The summed E-state index contributed by atoms with van der Waals surface area (Å²) >= 11 is 8.58. The van der Waals surface area contributed by atoms with Gasteiger partial charge in [0.2, 0.25) is 0 Å². The second kappa shape index (κ2) is 18.7. The maximum Gasteiger partial charge on any atom is 0.142 e. The Balaban J connectivity index is 1.17. The monoisotopic (exact) mass is 765 g/mol. The summed E-state index contributed by atoms with van der Waals surface area (Å²) < 4.78 is 19.1. The van der Waals surface area contributed by atoms with Gasteiger partial charge < -0.3 is 24.2 Å². The molecule has 11 heteroatoms. The zero-order valence-electron chi connectivity index (χ0n) is 31.5. The van der Waals surface area contributed by atoms with Gasteiger partial charge in [-0.15, -0.1) is 11.3 Å². The standard InChI is InChI=1S/C43H48ClN5O4S/c1-5-35-28-54-43(47-35)25-48(4)23-34-18-39(44)42(19-41(34)52-26-32-17-31(20-45)21-46-22-32)53-27-33-9-6-10-37(29(33)2)38-11-7-12-40(30(38)3)51-16-8-14-49-15-13-36(50)24-49/h6-7,9-12,17-19,21-22,28,36,50H,5,8,13-16,23-27H2,1-4H3/t36-/m1/s1. The molecule has 1 aliphatic rings. The summed E-state index contributed by atoms with van der Waals surface area (Å²) in [6, 6.07) is 20.2. The number of likely N-dealkylation sites (tertiary alicyclic amines) is 1. The predicted molar refractivity (Wildman–Crippen MR) is 214 cm³/mol. The number of hydrogen-bond donors (Lipinski definition) is 1. The van der Waals surface area contributed by atoms with Crippen molar-refractivity contribution in [2.45, 2.75) is 72.4 Å². The molecule has 9 nitrogen and oxygen atoms in total. The number of ether oxygens (including phenoxy) is 3. The lowest BCUT2D eigenvalue weighted by molar-refractivity contribution is 0.173. The van der Waals surface area contributed by atoms with E-state index in [9.17, 15) is 10.4 Å². The number of halogens is 1. The first-order valence-electron chi connectivity index (χ1n) is 18.5. The molecule has 6 rings (SSSR count). The number of aryl methyl sites for hydroxylation is 1. The van der Waals surface area contributed by atoms with Gasteiger partial charge in [0.25, 0.3) is 0 Å². The van der Waals surface area contributed by atoms with Crippen LogP contribution in [0.3, 0.4) is 0 Å². The Kier molecular flexibility index (Phi) is 13.6. The van der Waals surface area contributed by atoms with Gasteiger partial charge in [-0.1, -0.05) is 48.9 Å². The van der Waals surface area contributed by atoms with Gasteiger partial charge in [-0.2, -0.15) is 5.26 Å². The number of pyridine rings is 1. The molecule has 0 saturated carbocycles. The van der Waals surface area contributed by atoms with Crippen molar-refractivity contribution in [2.24, 2.45) is 0 Å². The minimum absolute atomic E-state index is 0.201. The summed E-state index contributed by atoms with van der Waals surface area (Å²) in [4.78, 5) is 13.4. The number of nitriles is 1. The summed E-state index contributed by atoms with van der Waals surface area (Å²) in [6.07, 6.45) is 5.71. The highest BCUT2D eigenvalue weighted by molar-refractivity contribution is 7.09. The zero-order chi connectivity index (χ0) is 38.0. The van der Waals surface area contributed by atoms with Crippen LogP contribution in [0.15, 0.2) is 72.4 Å². The first-order valence-corrected chi connectivity index (χ1v) is 19.7. The Morgan fingerprint density at radius 1 is 0.963 bits per heavy atom. The van der Waals surface area contributed by atoms with Crippen LogP contribution in [0.1, 0.15) is 63.8 Å². The van der Waals surface area contributed by atoms with Crippen LogP contribution in [-0.4, -0.2) is 64.3 Å². The first-order chi connectivity index (χ1) is 26.2. The van der Waals surface area contributed by atoms with Crippen LogP contribution in [0.4, 0.5) is 0 Å². The molecule has 5 aromatic rings. The molecule has 1 aliphatic heterocycles. The fourth-order valence-electron chi connectivity index (χ4n) is 6.73. The summed E-state index contributed by atoms with van der Waals surface area (Å²) in [5.41, 5.74) is 8.79. The molecule has 0 spiro atoms. The van der Waals surface area contributed by atoms with Crippen LogP contribution in [-0.2, 0) is 32.7 Å². The highest BCUT2D eigenvalue weighted by atomic mass is 35.5. The molecular formula is C43H48ClN5O4S. The van der Waals surface area contributed by atoms with Crippen molar-refractivity contribution in [1.82, 2.24) is 19.8 Å². The highest BCUT2D eigenvalue weighted by Gasteiger charge is 2.20. The Morgan fingerprint density at radius 3 is 2.52 bits per heavy atom.